The van der Waals surface area contributed by atoms with Crippen molar-refractivity contribution in [1.29, 1.82) is 0 Å². The predicted molar refractivity (Wildman–Crippen MR) is 141 cm³/mol. The van der Waals surface area contributed by atoms with Gasteiger partial charge in [0.25, 0.3) is 0 Å². The summed E-state index contributed by atoms with van der Waals surface area (Å²) in [6, 6.07) is 7.12. The molecule has 34 heavy (non-hydrogen) atoms. The Balaban J connectivity index is 2.20. The molecule has 1 rings (SSSR count). The molecule has 0 bridgehead atoms. The van der Waals surface area contributed by atoms with E-state index in [0.29, 0.717) is 24.5 Å². The van der Waals surface area contributed by atoms with Crippen LogP contribution in [-0.4, -0.2) is 18.5 Å². The Morgan fingerprint density at radius 3 is 1.59 bits per heavy atom. The van der Waals surface area contributed by atoms with Gasteiger partial charge < -0.3 is 9.47 Å². The smallest absolute Gasteiger partial charge is 0.323 e. The molecule has 0 spiro atoms. The van der Waals surface area contributed by atoms with Crippen molar-refractivity contribution >= 4 is 23.5 Å². The van der Waals surface area contributed by atoms with Gasteiger partial charge in [0, 0.05) is 5.02 Å². The summed E-state index contributed by atoms with van der Waals surface area (Å²) in [5.74, 6) is -0.972. The molecular formula is C29H47ClO4. The number of carbonyl (C=O) groups excluding carboxylic acids is 2. The second-order valence-electron chi connectivity index (χ2n) is 9.37. The minimum absolute atomic E-state index is 0.115. The zero-order valence-electron chi connectivity index (χ0n) is 21.8. The predicted octanol–water partition coefficient (Wildman–Crippen LogP) is 8.82. The van der Waals surface area contributed by atoms with Gasteiger partial charge in [0.15, 0.2) is 5.41 Å². The third kappa shape index (κ3) is 11.7. The van der Waals surface area contributed by atoms with Crippen molar-refractivity contribution in [3.05, 3.63) is 34.9 Å². The lowest BCUT2D eigenvalue weighted by molar-refractivity contribution is -0.174. The quantitative estimate of drug-likeness (QED) is 0.103. The van der Waals surface area contributed by atoms with Crippen LogP contribution in [0.2, 0.25) is 5.02 Å². The molecule has 0 atom stereocenters. The van der Waals surface area contributed by atoms with E-state index >= 15 is 0 Å². The van der Waals surface area contributed by atoms with Gasteiger partial charge in [0.2, 0.25) is 0 Å². The number of hydrogen-bond donors (Lipinski definition) is 0. The Morgan fingerprint density at radius 1 is 0.676 bits per heavy atom. The molecule has 0 fully saturated rings. The molecule has 1 aromatic carbocycles. The number of hydrogen-bond acceptors (Lipinski definition) is 4. The van der Waals surface area contributed by atoms with Gasteiger partial charge in [-0.05, 0) is 37.0 Å². The molecule has 5 heteroatoms. The van der Waals surface area contributed by atoms with Crippen molar-refractivity contribution in [1.82, 2.24) is 0 Å². The number of carbonyl (C=O) groups is 2. The van der Waals surface area contributed by atoms with E-state index in [-0.39, 0.29) is 6.61 Å². The molecule has 0 saturated heterocycles. The molecule has 0 saturated carbocycles. The first-order valence-electron chi connectivity index (χ1n) is 13.6. The summed E-state index contributed by atoms with van der Waals surface area (Å²) in [6.07, 6.45) is 17.2. The highest BCUT2D eigenvalue weighted by Crippen LogP contribution is 2.31. The van der Waals surface area contributed by atoms with E-state index in [1.165, 1.54) is 70.6 Å². The standard InChI is InChI=1S/C29H47ClO4/c1-4-7-8-9-10-11-12-13-14-15-16-17-18-23-33-27(31)29(5-2,6-3)28(32)34-24-25-19-21-26(30)22-20-25/h19-22H,4-18,23-24H2,1-3H3. The zero-order chi connectivity index (χ0) is 25.1. The monoisotopic (exact) mass is 494 g/mol. The summed E-state index contributed by atoms with van der Waals surface area (Å²) in [5.41, 5.74) is -0.401. The highest BCUT2D eigenvalue weighted by molar-refractivity contribution is 6.30. The average molecular weight is 495 g/mol. The van der Waals surface area contributed by atoms with Crippen molar-refractivity contribution in [3.63, 3.8) is 0 Å². The molecule has 0 aliphatic rings. The maximum atomic E-state index is 12.8. The molecule has 0 unspecified atom stereocenters. The Hall–Kier alpha value is -1.55. The number of ether oxygens (including phenoxy) is 2. The maximum absolute atomic E-state index is 12.8. The molecule has 1 aromatic rings. The van der Waals surface area contributed by atoms with Crippen LogP contribution in [0.1, 0.15) is 123 Å². The summed E-state index contributed by atoms with van der Waals surface area (Å²) in [6.45, 7) is 6.40. The molecule has 0 aliphatic heterocycles. The second-order valence-corrected chi connectivity index (χ2v) is 9.81. The van der Waals surface area contributed by atoms with Crippen molar-refractivity contribution < 1.29 is 19.1 Å². The fraction of sp³-hybridized carbons (Fsp3) is 0.724. The number of halogens is 1. The first-order chi connectivity index (χ1) is 16.5. The normalized spacial score (nSPS) is 11.4. The van der Waals surface area contributed by atoms with Gasteiger partial charge in [0.05, 0.1) is 6.61 Å². The fourth-order valence-corrected chi connectivity index (χ4v) is 4.33. The molecule has 0 radical (unpaired) electrons. The van der Waals surface area contributed by atoms with E-state index in [4.69, 9.17) is 21.1 Å². The van der Waals surface area contributed by atoms with Gasteiger partial charge >= 0.3 is 11.9 Å². The fourth-order valence-electron chi connectivity index (χ4n) is 4.20. The second kappa shape index (κ2) is 18.7. The molecule has 4 nitrogen and oxygen atoms in total. The third-order valence-electron chi connectivity index (χ3n) is 6.75. The highest BCUT2D eigenvalue weighted by Gasteiger charge is 2.45. The summed E-state index contributed by atoms with van der Waals surface area (Å²) in [5, 5.41) is 0.628. The number of unbranched alkanes of at least 4 members (excludes halogenated alkanes) is 12. The van der Waals surface area contributed by atoms with Gasteiger partial charge in [0.1, 0.15) is 6.61 Å². The Labute approximate surface area is 213 Å². The molecule has 0 heterocycles. The van der Waals surface area contributed by atoms with Crippen molar-refractivity contribution in [2.24, 2.45) is 5.41 Å². The largest absolute Gasteiger partial charge is 0.465 e. The number of benzene rings is 1. The van der Waals surface area contributed by atoms with Crippen LogP contribution in [0.5, 0.6) is 0 Å². The van der Waals surface area contributed by atoms with Gasteiger partial charge in [-0.25, -0.2) is 0 Å². The Bertz CT molecular complexity index is 667. The molecule has 0 aliphatic carbocycles. The molecule has 194 valence electrons. The van der Waals surface area contributed by atoms with Crippen LogP contribution in [0.25, 0.3) is 0 Å². The SMILES string of the molecule is CCCCCCCCCCCCCCCOC(=O)C(CC)(CC)C(=O)OCc1ccc(Cl)cc1. The van der Waals surface area contributed by atoms with E-state index in [9.17, 15) is 9.59 Å². The maximum Gasteiger partial charge on any atom is 0.323 e. The van der Waals surface area contributed by atoms with Gasteiger partial charge in [-0.3, -0.25) is 9.59 Å². The summed E-state index contributed by atoms with van der Waals surface area (Å²) < 4.78 is 11.0. The molecule has 0 amide bonds. The molecule has 0 aromatic heterocycles. The Morgan fingerprint density at radius 2 is 1.12 bits per heavy atom. The number of rotatable bonds is 20. The molecule has 0 N–H and O–H groups in total. The van der Waals surface area contributed by atoms with Crippen LogP contribution in [0.4, 0.5) is 0 Å². The molecular weight excluding hydrogens is 448 g/mol. The van der Waals surface area contributed by atoms with Crippen molar-refractivity contribution in [3.8, 4) is 0 Å². The van der Waals surface area contributed by atoms with Crippen molar-refractivity contribution in [2.75, 3.05) is 6.61 Å². The van der Waals surface area contributed by atoms with E-state index in [2.05, 4.69) is 6.92 Å². The van der Waals surface area contributed by atoms with Crippen LogP contribution in [0.15, 0.2) is 24.3 Å². The minimum Gasteiger partial charge on any atom is -0.465 e. The lowest BCUT2D eigenvalue weighted by atomic mass is 9.82. The lowest BCUT2D eigenvalue weighted by Gasteiger charge is -2.27. The van der Waals surface area contributed by atoms with Gasteiger partial charge in [-0.2, -0.15) is 0 Å². The number of esters is 2. The van der Waals surface area contributed by atoms with Crippen LogP contribution in [-0.2, 0) is 25.7 Å². The first-order valence-corrected chi connectivity index (χ1v) is 14.0. The van der Waals surface area contributed by atoms with Gasteiger partial charge in [-0.1, -0.05) is 122 Å². The van der Waals surface area contributed by atoms with Crippen LogP contribution in [0, 0.1) is 5.41 Å². The lowest BCUT2D eigenvalue weighted by Crippen LogP contribution is -2.41. The first kappa shape index (κ1) is 30.5. The highest BCUT2D eigenvalue weighted by atomic mass is 35.5. The third-order valence-corrected chi connectivity index (χ3v) is 7.00. The topological polar surface area (TPSA) is 52.6 Å². The van der Waals surface area contributed by atoms with Crippen molar-refractivity contribution in [2.45, 2.75) is 124 Å². The van der Waals surface area contributed by atoms with Crippen LogP contribution in [0.3, 0.4) is 0 Å². The average Bonchev–Trinajstić information content (AvgIpc) is 2.85. The van der Waals surface area contributed by atoms with Crippen LogP contribution >= 0.6 is 11.6 Å². The van der Waals surface area contributed by atoms with E-state index in [1.807, 2.05) is 26.0 Å². The van der Waals surface area contributed by atoms with E-state index in [1.54, 1.807) is 12.1 Å². The summed E-state index contributed by atoms with van der Waals surface area (Å²) >= 11 is 5.90. The van der Waals surface area contributed by atoms with Crippen LogP contribution < -0.4 is 0 Å². The van der Waals surface area contributed by atoms with E-state index in [0.717, 1.165) is 18.4 Å². The zero-order valence-corrected chi connectivity index (χ0v) is 22.6. The summed E-state index contributed by atoms with van der Waals surface area (Å²) in [7, 11) is 0. The Kier molecular flexibility index (Phi) is 16.8. The summed E-state index contributed by atoms with van der Waals surface area (Å²) in [4.78, 5) is 25.6. The minimum atomic E-state index is -1.23. The van der Waals surface area contributed by atoms with Gasteiger partial charge in [-0.15, -0.1) is 0 Å². The van der Waals surface area contributed by atoms with E-state index < -0.39 is 17.4 Å².